The van der Waals surface area contributed by atoms with Gasteiger partial charge in [0.2, 0.25) is 0 Å². The molecule has 0 fully saturated rings. The van der Waals surface area contributed by atoms with Crippen LogP contribution in [-0.2, 0) is 16.0 Å². The number of aromatic amines is 1. The SMILES string of the molecule is COC(=O)c1c(C)[nH]c(O)c1CC(=O)O. The first-order chi connectivity index (χ1) is 6.97. The van der Waals surface area contributed by atoms with E-state index in [1.807, 2.05) is 0 Å². The van der Waals surface area contributed by atoms with Gasteiger partial charge in [-0.05, 0) is 6.92 Å². The molecule has 3 N–H and O–H groups in total. The molecule has 0 unspecified atom stereocenters. The number of H-pyrrole nitrogens is 1. The average molecular weight is 213 g/mol. The molecule has 1 heterocycles. The second-order valence-corrected chi connectivity index (χ2v) is 3.01. The lowest BCUT2D eigenvalue weighted by molar-refractivity contribution is -0.136. The number of hydrogen-bond acceptors (Lipinski definition) is 4. The van der Waals surface area contributed by atoms with Crippen molar-refractivity contribution in [1.82, 2.24) is 4.98 Å². The number of ether oxygens (including phenoxy) is 1. The molecular formula is C9H11NO5. The maximum absolute atomic E-state index is 11.3. The summed E-state index contributed by atoms with van der Waals surface area (Å²) >= 11 is 0. The van der Waals surface area contributed by atoms with Gasteiger partial charge in [-0.2, -0.15) is 0 Å². The summed E-state index contributed by atoms with van der Waals surface area (Å²) < 4.78 is 4.49. The Kier molecular flexibility index (Phi) is 2.99. The zero-order valence-electron chi connectivity index (χ0n) is 8.33. The summed E-state index contributed by atoms with van der Waals surface area (Å²) in [4.78, 5) is 24.3. The highest BCUT2D eigenvalue weighted by molar-refractivity contribution is 5.94. The predicted molar refractivity (Wildman–Crippen MR) is 49.9 cm³/mol. The Bertz CT molecular complexity index is 407. The van der Waals surface area contributed by atoms with Crippen LogP contribution < -0.4 is 0 Å². The Morgan fingerprint density at radius 2 is 2.07 bits per heavy atom. The van der Waals surface area contributed by atoms with Crippen molar-refractivity contribution in [3.05, 3.63) is 16.8 Å². The molecule has 6 nitrogen and oxygen atoms in total. The van der Waals surface area contributed by atoms with E-state index in [-0.39, 0.29) is 17.0 Å². The van der Waals surface area contributed by atoms with Crippen molar-refractivity contribution in [2.75, 3.05) is 7.11 Å². The Balaban J connectivity index is 3.22. The largest absolute Gasteiger partial charge is 0.494 e. The molecule has 6 heteroatoms. The van der Waals surface area contributed by atoms with Crippen LogP contribution in [0.5, 0.6) is 5.88 Å². The number of esters is 1. The number of aliphatic carboxylic acids is 1. The number of aromatic nitrogens is 1. The number of hydrogen-bond donors (Lipinski definition) is 3. The molecular weight excluding hydrogens is 202 g/mol. The highest BCUT2D eigenvalue weighted by atomic mass is 16.5. The van der Waals surface area contributed by atoms with E-state index >= 15 is 0 Å². The monoisotopic (exact) mass is 213 g/mol. The number of carboxylic acids is 1. The van der Waals surface area contributed by atoms with E-state index in [0.29, 0.717) is 5.69 Å². The van der Waals surface area contributed by atoms with Gasteiger partial charge >= 0.3 is 11.9 Å². The van der Waals surface area contributed by atoms with Gasteiger partial charge in [0.05, 0.1) is 19.1 Å². The molecule has 0 aromatic carbocycles. The van der Waals surface area contributed by atoms with Crippen molar-refractivity contribution >= 4 is 11.9 Å². The number of aromatic hydroxyl groups is 1. The number of nitrogens with one attached hydrogen (secondary N) is 1. The number of methoxy groups -OCH3 is 1. The molecule has 1 aromatic rings. The van der Waals surface area contributed by atoms with Gasteiger partial charge in [-0.3, -0.25) is 4.79 Å². The van der Waals surface area contributed by atoms with Gasteiger partial charge in [0.1, 0.15) is 0 Å². The third-order valence-electron chi connectivity index (χ3n) is 1.99. The molecule has 0 amide bonds. The lowest BCUT2D eigenvalue weighted by Gasteiger charge is -2.00. The van der Waals surface area contributed by atoms with Crippen LogP contribution in [-0.4, -0.2) is 34.2 Å². The molecule has 0 bridgehead atoms. The molecule has 0 saturated heterocycles. The fourth-order valence-electron chi connectivity index (χ4n) is 1.36. The van der Waals surface area contributed by atoms with Crippen LogP contribution in [0.15, 0.2) is 0 Å². The number of rotatable bonds is 3. The van der Waals surface area contributed by atoms with E-state index in [2.05, 4.69) is 9.72 Å². The molecule has 82 valence electrons. The highest BCUT2D eigenvalue weighted by Crippen LogP contribution is 2.25. The number of carboxylic acid groups (broad SMARTS) is 1. The average Bonchev–Trinajstić information content (AvgIpc) is 2.40. The topological polar surface area (TPSA) is 99.6 Å². The van der Waals surface area contributed by atoms with E-state index in [1.54, 1.807) is 6.92 Å². The zero-order valence-corrected chi connectivity index (χ0v) is 8.33. The summed E-state index contributed by atoms with van der Waals surface area (Å²) in [5.74, 6) is -2.11. The van der Waals surface area contributed by atoms with Crippen molar-refractivity contribution in [1.29, 1.82) is 0 Å². The Morgan fingerprint density at radius 1 is 1.47 bits per heavy atom. The van der Waals surface area contributed by atoms with E-state index in [1.165, 1.54) is 7.11 Å². The number of carbonyl (C=O) groups excluding carboxylic acids is 1. The van der Waals surface area contributed by atoms with E-state index < -0.39 is 18.4 Å². The molecule has 1 aromatic heterocycles. The van der Waals surface area contributed by atoms with E-state index in [9.17, 15) is 14.7 Å². The molecule has 1 rings (SSSR count). The lowest BCUT2D eigenvalue weighted by Crippen LogP contribution is -2.08. The molecule has 0 saturated carbocycles. The first kappa shape index (κ1) is 11.1. The van der Waals surface area contributed by atoms with Gasteiger partial charge < -0.3 is 19.9 Å². The van der Waals surface area contributed by atoms with E-state index in [0.717, 1.165) is 0 Å². The first-order valence-corrected chi connectivity index (χ1v) is 4.17. The summed E-state index contributed by atoms with van der Waals surface area (Å²) in [6.45, 7) is 1.55. The van der Waals surface area contributed by atoms with Crippen molar-refractivity contribution in [2.24, 2.45) is 0 Å². The van der Waals surface area contributed by atoms with Gasteiger partial charge in [-0.15, -0.1) is 0 Å². The third kappa shape index (κ3) is 2.09. The maximum atomic E-state index is 11.3. The zero-order chi connectivity index (χ0) is 11.6. The summed E-state index contributed by atoms with van der Waals surface area (Å²) in [5.41, 5.74) is 0.514. The number of aryl methyl sites for hydroxylation is 1. The number of carbonyl (C=O) groups is 2. The second-order valence-electron chi connectivity index (χ2n) is 3.01. The minimum Gasteiger partial charge on any atom is -0.494 e. The molecule has 0 aliphatic heterocycles. The quantitative estimate of drug-likeness (QED) is 0.633. The second kappa shape index (κ2) is 4.04. The summed E-state index contributed by atoms with van der Waals surface area (Å²) in [6, 6.07) is 0. The molecule has 15 heavy (non-hydrogen) atoms. The molecule has 0 radical (unpaired) electrons. The van der Waals surface area contributed by atoms with Crippen molar-refractivity contribution in [2.45, 2.75) is 13.3 Å². The molecule has 0 aliphatic rings. The molecule has 0 atom stereocenters. The van der Waals surface area contributed by atoms with Gasteiger partial charge in [-0.1, -0.05) is 0 Å². The highest BCUT2D eigenvalue weighted by Gasteiger charge is 2.23. The van der Waals surface area contributed by atoms with Gasteiger partial charge in [0.15, 0.2) is 5.88 Å². The van der Waals surface area contributed by atoms with Crippen LogP contribution in [0.4, 0.5) is 0 Å². The Labute approximate surface area is 85.5 Å². The third-order valence-corrected chi connectivity index (χ3v) is 1.99. The fraction of sp³-hybridized carbons (Fsp3) is 0.333. The predicted octanol–water partition coefficient (Wildman–Crippen LogP) is 0.442. The Morgan fingerprint density at radius 3 is 2.53 bits per heavy atom. The standard InChI is InChI=1S/C9H11NO5/c1-4-7(9(14)15-2)5(3-6(11)12)8(13)10-4/h10,13H,3H2,1-2H3,(H,11,12). The van der Waals surface area contributed by atoms with Crippen LogP contribution in [0.25, 0.3) is 0 Å². The minimum absolute atomic E-state index is 0.0480. The van der Waals surface area contributed by atoms with Crippen molar-refractivity contribution in [3.63, 3.8) is 0 Å². The van der Waals surface area contributed by atoms with Gasteiger partial charge in [-0.25, -0.2) is 4.79 Å². The first-order valence-electron chi connectivity index (χ1n) is 4.17. The van der Waals surface area contributed by atoms with Crippen LogP contribution in [0.1, 0.15) is 21.6 Å². The van der Waals surface area contributed by atoms with Crippen molar-refractivity contribution < 1.29 is 24.5 Å². The summed E-state index contributed by atoms with van der Waals surface area (Å²) in [5, 5.41) is 18.0. The van der Waals surface area contributed by atoms with E-state index in [4.69, 9.17) is 5.11 Å². The normalized spacial score (nSPS) is 10.0. The lowest BCUT2D eigenvalue weighted by atomic mass is 10.1. The van der Waals surface area contributed by atoms with Crippen LogP contribution in [0.3, 0.4) is 0 Å². The van der Waals surface area contributed by atoms with Crippen LogP contribution in [0, 0.1) is 6.92 Å². The molecule has 0 spiro atoms. The van der Waals surface area contributed by atoms with Gasteiger partial charge in [0, 0.05) is 11.3 Å². The Hall–Kier alpha value is -1.98. The maximum Gasteiger partial charge on any atom is 0.340 e. The summed E-state index contributed by atoms with van der Waals surface area (Å²) in [7, 11) is 1.19. The van der Waals surface area contributed by atoms with Crippen LogP contribution in [0.2, 0.25) is 0 Å². The minimum atomic E-state index is -1.13. The fourth-order valence-corrected chi connectivity index (χ4v) is 1.36. The van der Waals surface area contributed by atoms with Crippen LogP contribution >= 0.6 is 0 Å². The smallest absolute Gasteiger partial charge is 0.340 e. The molecule has 0 aliphatic carbocycles. The summed E-state index contributed by atoms with van der Waals surface area (Å²) in [6.07, 6.45) is -0.430. The van der Waals surface area contributed by atoms with Crippen molar-refractivity contribution in [3.8, 4) is 5.88 Å². The van der Waals surface area contributed by atoms with Gasteiger partial charge in [0.25, 0.3) is 0 Å².